The Morgan fingerprint density at radius 2 is 1.76 bits per heavy atom. The minimum absolute atomic E-state index is 0. The third-order valence-electron chi connectivity index (χ3n) is 3.79. The second-order valence-corrected chi connectivity index (χ2v) is 7.77. The highest BCUT2D eigenvalue weighted by Gasteiger charge is 2.21. The van der Waals surface area contributed by atoms with Crippen LogP contribution in [0.3, 0.4) is 0 Å². The first-order chi connectivity index (χ1) is 8.97. The number of nitrogens with zero attached hydrogens (tertiary/aromatic N) is 2. The number of hydrogen-bond donors (Lipinski definition) is 1. The Morgan fingerprint density at radius 3 is 2.29 bits per heavy atom. The Kier molecular flexibility index (Phi) is 10.4. The van der Waals surface area contributed by atoms with Crippen molar-refractivity contribution in [2.24, 2.45) is 0 Å². The predicted molar refractivity (Wildman–Crippen MR) is 110 cm³/mol. The molecule has 21 heavy (non-hydrogen) atoms. The van der Waals surface area contributed by atoms with Crippen LogP contribution >= 0.6 is 70.0 Å². The summed E-state index contributed by atoms with van der Waals surface area (Å²) in [5, 5.41) is 10.1. The number of halogens is 4. The smallest absolute Gasteiger partial charge is 0.133 e. The first kappa shape index (κ1) is 22.0. The molecule has 3 nitrogen and oxygen atoms in total. The molecule has 7 heteroatoms. The lowest BCUT2D eigenvalue weighted by Gasteiger charge is -2.35. The highest BCUT2D eigenvalue weighted by Crippen LogP contribution is 2.28. The van der Waals surface area contributed by atoms with Crippen molar-refractivity contribution in [3.05, 3.63) is 24.8 Å². The van der Waals surface area contributed by atoms with Gasteiger partial charge in [-0.1, -0.05) is 0 Å². The lowest BCUT2D eigenvalue weighted by molar-refractivity contribution is 0.139. The maximum atomic E-state index is 10.1. The van der Waals surface area contributed by atoms with Crippen LogP contribution in [0.1, 0.15) is 18.4 Å². The minimum Gasteiger partial charge on any atom is -0.507 e. The summed E-state index contributed by atoms with van der Waals surface area (Å²) < 4.78 is 2.14. The largest absolute Gasteiger partial charge is 0.507 e. The van der Waals surface area contributed by atoms with Crippen LogP contribution in [0.25, 0.3) is 0 Å². The molecule has 1 N–H and O–H groups in total. The SMILES string of the molecule is CN(C)C1CCN(Cc2cc(I)cc(I)c2O)CC1.Cl.Cl. The summed E-state index contributed by atoms with van der Waals surface area (Å²) >= 11 is 4.51. The topological polar surface area (TPSA) is 26.7 Å². The first-order valence-corrected chi connectivity index (χ1v) is 8.69. The van der Waals surface area contributed by atoms with Crippen molar-refractivity contribution in [3.8, 4) is 5.75 Å². The van der Waals surface area contributed by atoms with E-state index in [9.17, 15) is 5.11 Å². The molecule has 1 fully saturated rings. The van der Waals surface area contributed by atoms with Crippen molar-refractivity contribution in [3.63, 3.8) is 0 Å². The van der Waals surface area contributed by atoms with Crippen molar-refractivity contribution in [1.82, 2.24) is 9.80 Å². The van der Waals surface area contributed by atoms with Crippen molar-refractivity contribution < 1.29 is 5.11 Å². The lowest BCUT2D eigenvalue weighted by Crippen LogP contribution is -2.41. The molecule has 0 radical (unpaired) electrons. The summed E-state index contributed by atoms with van der Waals surface area (Å²) in [6.07, 6.45) is 2.43. The van der Waals surface area contributed by atoms with Crippen molar-refractivity contribution in [2.45, 2.75) is 25.4 Å². The number of piperidine rings is 1. The molecule has 1 aliphatic rings. The molecular formula is C14H22Cl2I2N2O. The third kappa shape index (κ3) is 6.18. The zero-order chi connectivity index (χ0) is 14.0. The van der Waals surface area contributed by atoms with Gasteiger partial charge in [0.05, 0.1) is 3.57 Å². The molecule has 1 aromatic carbocycles. The van der Waals surface area contributed by atoms with E-state index in [1.54, 1.807) is 0 Å². The van der Waals surface area contributed by atoms with Gasteiger partial charge in [-0.2, -0.15) is 0 Å². The van der Waals surface area contributed by atoms with Crippen molar-refractivity contribution in [1.29, 1.82) is 0 Å². The number of benzene rings is 1. The highest BCUT2D eigenvalue weighted by atomic mass is 127. The molecule has 1 aliphatic heterocycles. The predicted octanol–water partition coefficient (Wildman–Crippen LogP) is 3.97. The minimum atomic E-state index is 0. The third-order valence-corrected chi connectivity index (χ3v) is 5.23. The van der Waals surface area contributed by atoms with Gasteiger partial charge in [-0.25, -0.2) is 0 Å². The van der Waals surface area contributed by atoms with E-state index in [1.165, 1.54) is 16.4 Å². The molecule has 0 aliphatic carbocycles. The Balaban J connectivity index is 0.00000200. The molecule has 122 valence electrons. The lowest BCUT2D eigenvalue weighted by atomic mass is 10.0. The molecular weight excluding hydrogens is 537 g/mol. The summed E-state index contributed by atoms with van der Waals surface area (Å²) in [7, 11) is 4.32. The van der Waals surface area contributed by atoms with Gasteiger partial charge in [-0.15, -0.1) is 24.8 Å². The maximum absolute atomic E-state index is 10.1. The standard InChI is InChI=1S/C14H20I2N2O.2ClH/c1-17(2)12-3-5-18(6-4-12)9-10-7-11(15)8-13(16)14(10)19;;/h7-8,12,19H,3-6,9H2,1-2H3;2*1H. The Hall–Kier alpha value is 0.980. The van der Waals surface area contributed by atoms with E-state index in [0.29, 0.717) is 11.8 Å². The molecule has 0 bridgehead atoms. The fourth-order valence-corrected chi connectivity index (χ4v) is 4.54. The van der Waals surface area contributed by atoms with E-state index in [0.717, 1.165) is 28.8 Å². The summed E-state index contributed by atoms with van der Waals surface area (Å²) in [5.41, 5.74) is 1.06. The first-order valence-electron chi connectivity index (χ1n) is 6.53. The van der Waals surface area contributed by atoms with Gasteiger partial charge in [0, 0.05) is 21.7 Å². The van der Waals surface area contributed by atoms with E-state index in [4.69, 9.17) is 0 Å². The maximum Gasteiger partial charge on any atom is 0.133 e. The second kappa shape index (κ2) is 9.97. The highest BCUT2D eigenvalue weighted by molar-refractivity contribution is 14.1. The number of phenolic OH excluding ortho intramolecular Hbond substituents is 1. The number of rotatable bonds is 3. The molecule has 0 aromatic heterocycles. The van der Waals surface area contributed by atoms with Gasteiger partial charge in [-0.3, -0.25) is 4.90 Å². The van der Waals surface area contributed by atoms with Gasteiger partial charge in [0.1, 0.15) is 5.75 Å². The monoisotopic (exact) mass is 558 g/mol. The molecule has 1 aromatic rings. The number of aromatic hydroxyl groups is 1. The zero-order valence-electron chi connectivity index (χ0n) is 12.2. The van der Waals surface area contributed by atoms with Gasteiger partial charge in [-0.05, 0) is 97.3 Å². The quantitative estimate of drug-likeness (QED) is 0.569. The molecule has 0 atom stereocenters. The molecule has 0 spiro atoms. The molecule has 0 amide bonds. The second-order valence-electron chi connectivity index (χ2n) is 5.37. The molecule has 0 saturated carbocycles. The average Bonchev–Trinajstić information content (AvgIpc) is 2.36. The molecule has 1 heterocycles. The van der Waals surface area contributed by atoms with E-state index in [1.807, 2.05) is 6.07 Å². The number of phenols is 1. The average molecular weight is 559 g/mol. The van der Waals surface area contributed by atoms with E-state index in [-0.39, 0.29) is 24.8 Å². The van der Waals surface area contributed by atoms with Crippen molar-refractivity contribution in [2.75, 3.05) is 27.2 Å². The van der Waals surface area contributed by atoms with Crippen LogP contribution in [-0.2, 0) is 6.54 Å². The van der Waals surface area contributed by atoms with Crippen LogP contribution in [0.5, 0.6) is 5.75 Å². The van der Waals surface area contributed by atoms with Crippen LogP contribution in [0.2, 0.25) is 0 Å². The van der Waals surface area contributed by atoms with E-state index < -0.39 is 0 Å². The van der Waals surface area contributed by atoms with Crippen LogP contribution < -0.4 is 0 Å². The molecule has 0 unspecified atom stereocenters. The van der Waals surface area contributed by atoms with Crippen LogP contribution in [0, 0.1) is 7.14 Å². The fraction of sp³-hybridized carbons (Fsp3) is 0.571. The fourth-order valence-electron chi connectivity index (χ4n) is 2.57. The Bertz CT molecular complexity index is 453. The summed E-state index contributed by atoms with van der Waals surface area (Å²) in [5.74, 6) is 0.454. The van der Waals surface area contributed by atoms with Crippen molar-refractivity contribution >= 4 is 70.0 Å². The van der Waals surface area contributed by atoms with Crippen LogP contribution in [0.15, 0.2) is 12.1 Å². The van der Waals surface area contributed by atoms with Gasteiger partial charge >= 0.3 is 0 Å². The zero-order valence-corrected chi connectivity index (χ0v) is 18.1. The van der Waals surface area contributed by atoms with Gasteiger partial charge in [0.25, 0.3) is 0 Å². The number of hydrogen-bond acceptors (Lipinski definition) is 3. The summed E-state index contributed by atoms with van der Waals surface area (Å²) in [6, 6.07) is 4.81. The van der Waals surface area contributed by atoms with Gasteiger partial charge in [0.15, 0.2) is 0 Å². The van der Waals surface area contributed by atoms with Gasteiger partial charge < -0.3 is 10.0 Å². The van der Waals surface area contributed by atoms with E-state index >= 15 is 0 Å². The number of likely N-dealkylation sites (tertiary alicyclic amines) is 1. The van der Waals surface area contributed by atoms with Gasteiger partial charge in [0.2, 0.25) is 0 Å². The van der Waals surface area contributed by atoms with E-state index in [2.05, 4.69) is 75.1 Å². The Morgan fingerprint density at radius 1 is 1.19 bits per heavy atom. The normalized spacial score (nSPS) is 16.4. The van der Waals surface area contributed by atoms with Crippen LogP contribution in [0.4, 0.5) is 0 Å². The molecule has 2 rings (SSSR count). The summed E-state index contributed by atoms with van der Waals surface area (Å²) in [4.78, 5) is 4.77. The Labute approximate surface area is 166 Å². The summed E-state index contributed by atoms with van der Waals surface area (Å²) in [6.45, 7) is 3.09. The van der Waals surface area contributed by atoms with Crippen LogP contribution in [-0.4, -0.2) is 48.1 Å². The molecule has 1 saturated heterocycles.